The molecule has 0 spiro atoms. The first-order valence-corrected chi connectivity index (χ1v) is 5.93. The minimum atomic E-state index is -0.530. The van der Waals surface area contributed by atoms with Gasteiger partial charge in [-0.15, -0.1) is 0 Å². The van der Waals surface area contributed by atoms with Crippen LogP contribution in [0.1, 0.15) is 27.7 Å². The smallest absolute Gasteiger partial charge is 0.320 e. The van der Waals surface area contributed by atoms with Crippen molar-refractivity contribution < 1.29 is 24.2 Å². The highest BCUT2D eigenvalue weighted by atomic mass is 16.6. The van der Waals surface area contributed by atoms with Crippen LogP contribution in [-0.2, 0) is 19.1 Å². The predicted octanol–water partition coefficient (Wildman–Crippen LogP) is 0.185. The maximum Gasteiger partial charge on any atom is 0.320 e. The highest BCUT2D eigenvalue weighted by Crippen LogP contribution is 2.07. The van der Waals surface area contributed by atoms with Crippen molar-refractivity contribution in [1.82, 2.24) is 4.90 Å². The molecule has 0 aromatic rings. The van der Waals surface area contributed by atoms with Crippen LogP contribution in [-0.4, -0.2) is 60.4 Å². The van der Waals surface area contributed by atoms with Crippen molar-refractivity contribution in [3.63, 3.8) is 0 Å². The summed E-state index contributed by atoms with van der Waals surface area (Å²) in [4.78, 5) is 23.9. The van der Waals surface area contributed by atoms with Gasteiger partial charge in [0.1, 0.15) is 12.2 Å². The number of aliphatic hydroxyl groups is 1. The summed E-state index contributed by atoms with van der Waals surface area (Å²) in [6.45, 7) is 7.62. The molecule has 6 heteroatoms. The highest BCUT2D eigenvalue weighted by molar-refractivity contribution is 5.72. The number of ether oxygens (including phenoxy) is 2. The lowest BCUT2D eigenvalue weighted by Crippen LogP contribution is -2.38. The van der Waals surface area contributed by atoms with Gasteiger partial charge < -0.3 is 14.6 Å². The molecule has 0 heterocycles. The highest BCUT2D eigenvalue weighted by Gasteiger charge is 2.18. The number of hydrogen-bond donors (Lipinski definition) is 1. The minimum Gasteiger partial charge on any atom is -0.465 e. The van der Waals surface area contributed by atoms with E-state index in [1.54, 1.807) is 25.7 Å². The molecule has 0 unspecified atom stereocenters. The molecule has 0 saturated carbocycles. The fraction of sp³-hybridized carbons (Fsp3) is 0.833. The van der Waals surface area contributed by atoms with Gasteiger partial charge >= 0.3 is 11.9 Å². The fourth-order valence-electron chi connectivity index (χ4n) is 1.29. The largest absolute Gasteiger partial charge is 0.465 e. The maximum absolute atomic E-state index is 11.6. The van der Waals surface area contributed by atoms with Crippen LogP contribution in [0, 0.1) is 0 Å². The van der Waals surface area contributed by atoms with Crippen molar-refractivity contribution >= 4 is 11.9 Å². The van der Waals surface area contributed by atoms with Crippen molar-refractivity contribution in [1.29, 1.82) is 0 Å². The van der Waals surface area contributed by atoms with Crippen LogP contribution in [0.25, 0.3) is 0 Å². The number of nitrogens with zero attached hydrogens (tertiary/aromatic N) is 1. The molecule has 0 aliphatic rings. The van der Waals surface area contributed by atoms with Gasteiger partial charge in [-0.1, -0.05) is 0 Å². The summed E-state index contributed by atoms with van der Waals surface area (Å²) in [5.74, 6) is -0.727. The van der Waals surface area contributed by atoms with Crippen LogP contribution >= 0.6 is 0 Å². The first-order valence-electron chi connectivity index (χ1n) is 5.93. The third-order valence-corrected chi connectivity index (χ3v) is 1.90. The third kappa shape index (κ3) is 10.0. The molecule has 0 fully saturated rings. The van der Waals surface area contributed by atoms with Gasteiger partial charge in [-0.05, 0) is 20.8 Å². The molecule has 0 aromatic heterocycles. The van der Waals surface area contributed by atoms with Crippen molar-refractivity contribution in [3.05, 3.63) is 0 Å². The van der Waals surface area contributed by atoms with E-state index in [2.05, 4.69) is 0 Å². The standard InChI is InChI=1S/C12H23NO5/c1-10(15)17-8-6-13(5-7-14)9-11(16)18-12(2,3)4/h14H,5-9H2,1-4H3. The monoisotopic (exact) mass is 261 g/mol. The Kier molecular flexibility index (Phi) is 7.54. The van der Waals surface area contributed by atoms with E-state index in [1.807, 2.05) is 0 Å². The second kappa shape index (κ2) is 8.05. The second-order valence-electron chi connectivity index (χ2n) is 4.93. The van der Waals surface area contributed by atoms with Crippen LogP contribution in [0.4, 0.5) is 0 Å². The zero-order chi connectivity index (χ0) is 14.2. The minimum absolute atomic E-state index is 0.0666. The Morgan fingerprint density at radius 3 is 2.28 bits per heavy atom. The SMILES string of the molecule is CC(=O)OCCN(CCO)CC(=O)OC(C)(C)C. The molecule has 0 bridgehead atoms. The topological polar surface area (TPSA) is 76.1 Å². The Hall–Kier alpha value is -1.14. The van der Waals surface area contributed by atoms with Gasteiger partial charge in [0.2, 0.25) is 0 Å². The molecular weight excluding hydrogens is 238 g/mol. The van der Waals surface area contributed by atoms with Crippen molar-refractivity contribution in [2.45, 2.75) is 33.3 Å². The van der Waals surface area contributed by atoms with E-state index in [-0.39, 0.29) is 31.7 Å². The first-order chi connectivity index (χ1) is 8.24. The lowest BCUT2D eigenvalue weighted by molar-refractivity contribution is -0.156. The zero-order valence-electron chi connectivity index (χ0n) is 11.6. The second-order valence-corrected chi connectivity index (χ2v) is 4.93. The summed E-state index contributed by atoms with van der Waals surface area (Å²) in [5, 5.41) is 8.89. The lowest BCUT2D eigenvalue weighted by atomic mass is 10.2. The van der Waals surface area contributed by atoms with Crippen molar-refractivity contribution in [2.75, 3.05) is 32.8 Å². The van der Waals surface area contributed by atoms with E-state index in [4.69, 9.17) is 14.6 Å². The van der Waals surface area contributed by atoms with Gasteiger partial charge in [-0.2, -0.15) is 0 Å². The summed E-state index contributed by atoms with van der Waals surface area (Å²) in [7, 11) is 0. The van der Waals surface area contributed by atoms with E-state index in [9.17, 15) is 9.59 Å². The fourth-order valence-corrected chi connectivity index (χ4v) is 1.29. The van der Waals surface area contributed by atoms with Crippen molar-refractivity contribution in [2.24, 2.45) is 0 Å². The molecule has 0 aliphatic heterocycles. The van der Waals surface area contributed by atoms with Crippen LogP contribution in [0.5, 0.6) is 0 Å². The van der Waals surface area contributed by atoms with E-state index in [0.717, 1.165) is 0 Å². The van der Waals surface area contributed by atoms with E-state index < -0.39 is 5.60 Å². The Morgan fingerprint density at radius 2 is 1.83 bits per heavy atom. The van der Waals surface area contributed by atoms with E-state index in [1.165, 1.54) is 6.92 Å². The lowest BCUT2D eigenvalue weighted by Gasteiger charge is -2.24. The third-order valence-electron chi connectivity index (χ3n) is 1.90. The molecule has 0 radical (unpaired) electrons. The average Bonchev–Trinajstić information content (AvgIpc) is 2.13. The molecular formula is C12H23NO5. The van der Waals surface area contributed by atoms with Crippen LogP contribution in [0.2, 0.25) is 0 Å². The summed E-state index contributed by atoms with van der Waals surface area (Å²) < 4.78 is 9.96. The van der Waals surface area contributed by atoms with Gasteiger partial charge in [0.25, 0.3) is 0 Å². The Balaban J connectivity index is 4.09. The molecule has 106 valence electrons. The van der Waals surface area contributed by atoms with Crippen LogP contribution in [0.15, 0.2) is 0 Å². The molecule has 0 amide bonds. The molecule has 0 saturated heterocycles. The number of carbonyl (C=O) groups is 2. The molecule has 1 N–H and O–H groups in total. The molecule has 0 aromatic carbocycles. The Morgan fingerprint density at radius 1 is 1.22 bits per heavy atom. The summed E-state index contributed by atoms with van der Waals surface area (Å²) in [6.07, 6.45) is 0. The van der Waals surface area contributed by atoms with Crippen LogP contribution in [0.3, 0.4) is 0 Å². The van der Waals surface area contributed by atoms with E-state index in [0.29, 0.717) is 13.1 Å². The van der Waals surface area contributed by atoms with Gasteiger partial charge in [0, 0.05) is 20.0 Å². The number of aliphatic hydroxyl groups excluding tert-OH is 1. The normalized spacial score (nSPS) is 11.4. The maximum atomic E-state index is 11.6. The number of rotatable bonds is 7. The molecule has 0 aliphatic carbocycles. The quantitative estimate of drug-likeness (QED) is 0.659. The molecule has 18 heavy (non-hydrogen) atoms. The summed E-state index contributed by atoms with van der Waals surface area (Å²) in [6, 6.07) is 0. The summed E-state index contributed by atoms with van der Waals surface area (Å²) >= 11 is 0. The number of hydrogen-bond acceptors (Lipinski definition) is 6. The van der Waals surface area contributed by atoms with Gasteiger partial charge in [-0.25, -0.2) is 0 Å². The predicted molar refractivity (Wildman–Crippen MR) is 66.0 cm³/mol. The van der Waals surface area contributed by atoms with E-state index >= 15 is 0 Å². The number of carbonyl (C=O) groups excluding carboxylic acids is 2. The first kappa shape index (κ1) is 16.9. The Labute approximate surface area is 108 Å². The molecule has 6 nitrogen and oxygen atoms in total. The van der Waals surface area contributed by atoms with Gasteiger partial charge in [0.15, 0.2) is 0 Å². The molecule has 0 rings (SSSR count). The number of esters is 2. The Bertz CT molecular complexity index is 272. The van der Waals surface area contributed by atoms with Gasteiger partial charge in [-0.3, -0.25) is 14.5 Å². The van der Waals surface area contributed by atoms with Crippen molar-refractivity contribution in [3.8, 4) is 0 Å². The van der Waals surface area contributed by atoms with Crippen LogP contribution < -0.4 is 0 Å². The van der Waals surface area contributed by atoms with Gasteiger partial charge in [0.05, 0.1) is 13.2 Å². The zero-order valence-corrected chi connectivity index (χ0v) is 11.6. The molecule has 0 atom stereocenters. The average molecular weight is 261 g/mol. The summed E-state index contributed by atoms with van der Waals surface area (Å²) in [5.41, 5.74) is -0.530.